The number of nitriles is 1. The molecular weight excluding hydrogens is 374 g/mol. The molecular formula is C14H7BrClN3O3. The number of halogens is 2. The predicted octanol–water partition coefficient (Wildman–Crippen LogP) is 4.13. The van der Waals surface area contributed by atoms with Gasteiger partial charge in [-0.1, -0.05) is 11.6 Å². The van der Waals surface area contributed by atoms with Gasteiger partial charge in [0.2, 0.25) is 0 Å². The van der Waals surface area contributed by atoms with Gasteiger partial charge in [-0.25, -0.2) is 0 Å². The molecule has 2 aromatic carbocycles. The maximum Gasteiger partial charge on any atom is 0.284 e. The number of anilines is 1. The lowest BCUT2D eigenvalue weighted by atomic mass is 10.1. The van der Waals surface area contributed by atoms with Crippen molar-refractivity contribution in [2.45, 2.75) is 0 Å². The van der Waals surface area contributed by atoms with Gasteiger partial charge in [-0.2, -0.15) is 5.26 Å². The molecule has 0 radical (unpaired) electrons. The van der Waals surface area contributed by atoms with Crippen LogP contribution in [0.2, 0.25) is 5.02 Å². The van der Waals surface area contributed by atoms with Gasteiger partial charge in [-0.05, 0) is 46.3 Å². The van der Waals surface area contributed by atoms with Crippen LogP contribution in [0.4, 0.5) is 11.4 Å². The van der Waals surface area contributed by atoms with Gasteiger partial charge in [0.15, 0.2) is 0 Å². The lowest BCUT2D eigenvalue weighted by Crippen LogP contribution is -2.12. The molecule has 2 aromatic rings. The van der Waals surface area contributed by atoms with E-state index in [0.717, 1.165) is 0 Å². The highest BCUT2D eigenvalue weighted by atomic mass is 79.9. The normalized spacial score (nSPS) is 9.86. The number of hydrogen-bond acceptors (Lipinski definition) is 4. The van der Waals surface area contributed by atoms with Crippen LogP contribution >= 0.6 is 27.5 Å². The summed E-state index contributed by atoms with van der Waals surface area (Å²) in [5.74, 6) is -0.526. The fraction of sp³-hybridized carbons (Fsp3) is 0. The van der Waals surface area contributed by atoms with Crippen LogP contribution in [0, 0.1) is 21.4 Å². The molecule has 0 atom stereocenters. The minimum absolute atomic E-state index is 0.128. The van der Waals surface area contributed by atoms with Crippen molar-refractivity contribution in [2.75, 3.05) is 5.32 Å². The summed E-state index contributed by atoms with van der Waals surface area (Å²) in [7, 11) is 0. The van der Waals surface area contributed by atoms with Gasteiger partial charge in [0.25, 0.3) is 11.6 Å². The predicted molar refractivity (Wildman–Crippen MR) is 84.9 cm³/mol. The first-order valence-electron chi connectivity index (χ1n) is 5.87. The highest BCUT2D eigenvalue weighted by Gasteiger charge is 2.16. The molecule has 0 saturated heterocycles. The summed E-state index contributed by atoms with van der Waals surface area (Å²) in [4.78, 5) is 22.4. The minimum atomic E-state index is -0.586. The zero-order valence-electron chi connectivity index (χ0n) is 10.8. The lowest BCUT2D eigenvalue weighted by molar-refractivity contribution is -0.385. The summed E-state index contributed by atoms with van der Waals surface area (Å²) in [5.41, 5.74) is 0.516. The van der Waals surface area contributed by atoms with E-state index in [0.29, 0.717) is 5.69 Å². The van der Waals surface area contributed by atoms with E-state index in [1.165, 1.54) is 36.4 Å². The van der Waals surface area contributed by atoms with E-state index in [9.17, 15) is 14.9 Å². The Kier molecular flexibility index (Phi) is 4.75. The second-order valence-corrected chi connectivity index (χ2v) is 5.45. The van der Waals surface area contributed by atoms with Crippen molar-refractivity contribution in [1.82, 2.24) is 0 Å². The molecule has 0 spiro atoms. The molecule has 0 fully saturated rings. The Morgan fingerprint density at radius 2 is 2.05 bits per heavy atom. The minimum Gasteiger partial charge on any atom is -0.322 e. The lowest BCUT2D eigenvalue weighted by Gasteiger charge is -2.06. The molecule has 6 nitrogen and oxygen atoms in total. The third-order valence-corrected chi connectivity index (χ3v) is 3.75. The van der Waals surface area contributed by atoms with Gasteiger partial charge in [-0.15, -0.1) is 0 Å². The van der Waals surface area contributed by atoms with Gasteiger partial charge in [0, 0.05) is 17.3 Å². The third-order valence-electron chi connectivity index (χ3n) is 2.75. The monoisotopic (exact) mass is 379 g/mol. The highest BCUT2D eigenvalue weighted by Crippen LogP contribution is 2.26. The first-order valence-corrected chi connectivity index (χ1v) is 7.04. The van der Waals surface area contributed by atoms with Gasteiger partial charge < -0.3 is 5.32 Å². The molecule has 0 saturated carbocycles. The average molecular weight is 381 g/mol. The molecule has 0 bridgehead atoms. The first kappa shape index (κ1) is 15.9. The van der Waals surface area contributed by atoms with Crippen molar-refractivity contribution in [1.29, 1.82) is 5.26 Å². The van der Waals surface area contributed by atoms with Crippen molar-refractivity contribution < 1.29 is 9.72 Å². The molecule has 0 aliphatic heterocycles. The summed E-state index contributed by atoms with van der Waals surface area (Å²) in [5, 5.41) is 22.6. The second kappa shape index (κ2) is 6.56. The number of amides is 1. The van der Waals surface area contributed by atoms with Crippen LogP contribution in [-0.4, -0.2) is 10.8 Å². The van der Waals surface area contributed by atoms with E-state index in [2.05, 4.69) is 21.2 Å². The maximum atomic E-state index is 12.1. The van der Waals surface area contributed by atoms with Crippen LogP contribution in [0.1, 0.15) is 15.9 Å². The standard InChI is InChI=1S/C14H7BrClN3O3/c15-11-3-1-8(6-13(11)19(21)22)14(20)18-10-2-4-12(16)9(5-10)7-17/h1-6H,(H,18,20). The Morgan fingerprint density at radius 1 is 1.32 bits per heavy atom. The maximum absolute atomic E-state index is 12.1. The molecule has 0 aliphatic carbocycles. The number of carbonyl (C=O) groups excluding carboxylic acids is 1. The topological polar surface area (TPSA) is 96.0 Å². The summed E-state index contributed by atoms with van der Waals surface area (Å²) >= 11 is 8.86. The number of benzene rings is 2. The van der Waals surface area contributed by atoms with Crippen LogP contribution in [0.15, 0.2) is 40.9 Å². The van der Waals surface area contributed by atoms with Crippen LogP contribution < -0.4 is 5.32 Å². The number of nitro benzene ring substituents is 1. The van der Waals surface area contributed by atoms with Crippen LogP contribution in [0.25, 0.3) is 0 Å². The fourth-order valence-electron chi connectivity index (χ4n) is 1.69. The molecule has 1 amide bonds. The van der Waals surface area contributed by atoms with Crippen molar-refractivity contribution in [3.05, 3.63) is 67.1 Å². The fourth-order valence-corrected chi connectivity index (χ4v) is 2.24. The van der Waals surface area contributed by atoms with Gasteiger partial charge in [-0.3, -0.25) is 14.9 Å². The van der Waals surface area contributed by atoms with E-state index in [4.69, 9.17) is 16.9 Å². The Bertz CT molecular complexity index is 817. The molecule has 1 N–H and O–H groups in total. The quantitative estimate of drug-likeness (QED) is 0.639. The summed E-state index contributed by atoms with van der Waals surface area (Å²) in [6.07, 6.45) is 0. The van der Waals surface area contributed by atoms with E-state index >= 15 is 0 Å². The van der Waals surface area contributed by atoms with E-state index in [1.54, 1.807) is 0 Å². The van der Waals surface area contributed by atoms with Gasteiger partial charge in [0.05, 0.1) is 20.0 Å². The van der Waals surface area contributed by atoms with Crippen molar-refractivity contribution in [2.24, 2.45) is 0 Å². The van der Waals surface area contributed by atoms with E-state index in [-0.39, 0.29) is 26.3 Å². The van der Waals surface area contributed by atoms with E-state index < -0.39 is 10.8 Å². The molecule has 110 valence electrons. The van der Waals surface area contributed by atoms with Crippen molar-refractivity contribution >= 4 is 44.8 Å². The average Bonchev–Trinajstić information content (AvgIpc) is 2.49. The largest absolute Gasteiger partial charge is 0.322 e. The molecule has 2 rings (SSSR count). The Labute approximate surface area is 138 Å². The number of rotatable bonds is 3. The van der Waals surface area contributed by atoms with Crippen LogP contribution in [-0.2, 0) is 0 Å². The van der Waals surface area contributed by atoms with E-state index in [1.807, 2.05) is 6.07 Å². The summed E-state index contributed by atoms with van der Waals surface area (Å²) < 4.78 is 0.285. The SMILES string of the molecule is N#Cc1cc(NC(=O)c2ccc(Br)c([N+](=O)[O-])c2)ccc1Cl. The number of nitrogens with one attached hydrogen (secondary N) is 1. The smallest absolute Gasteiger partial charge is 0.284 e. The molecule has 22 heavy (non-hydrogen) atoms. The third kappa shape index (κ3) is 3.42. The number of carbonyl (C=O) groups is 1. The number of nitro groups is 1. The van der Waals surface area contributed by atoms with Crippen LogP contribution in [0.5, 0.6) is 0 Å². The molecule has 0 heterocycles. The zero-order valence-corrected chi connectivity index (χ0v) is 13.2. The molecule has 0 aliphatic rings. The van der Waals surface area contributed by atoms with Crippen molar-refractivity contribution in [3.63, 3.8) is 0 Å². The first-order chi connectivity index (χ1) is 10.4. The molecule has 8 heteroatoms. The van der Waals surface area contributed by atoms with Gasteiger partial charge >= 0.3 is 0 Å². The summed E-state index contributed by atoms with van der Waals surface area (Å²) in [6, 6.07) is 10.4. The highest BCUT2D eigenvalue weighted by molar-refractivity contribution is 9.10. The second-order valence-electron chi connectivity index (χ2n) is 4.18. The zero-order chi connectivity index (χ0) is 16.3. The number of nitrogens with zero attached hydrogens (tertiary/aromatic N) is 2. The number of hydrogen-bond donors (Lipinski definition) is 1. The Balaban J connectivity index is 2.28. The summed E-state index contributed by atoms with van der Waals surface area (Å²) in [6.45, 7) is 0. The Hall–Kier alpha value is -2.43. The van der Waals surface area contributed by atoms with Gasteiger partial charge in [0.1, 0.15) is 6.07 Å². The van der Waals surface area contributed by atoms with Crippen LogP contribution in [0.3, 0.4) is 0 Å². The Morgan fingerprint density at radius 3 is 2.68 bits per heavy atom. The molecule has 0 unspecified atom stereocenters. The van der Waals surface area contributed by atoms with Crippen molar-refractivity contribution in [3.8, 4) is 6.07 Å². The molecule has 0 aromatic heterocycles.